The second-order valence-electron chi connectivity index (χ2n) is 6.26. The zero-order valence-corrected chi connectivity index (χ0v) is 14.9. The van der Waals surface area contributed by atoms with Gasteiger partial charge in [-0.05, 0) is 30.5 Å². The second-order valence-corrected chi connectivity index (χ2v) is 6.26. The zero-order chi connectivity index (χ0) is 18.9. The highest BCUT2D eigenvalue weighted by atomic mass is 19.3. The molecule has 144 valence electrons. The third-order valence-corrected chi connectivity index (χ3v) is 4.29. The third-order valence-electron chi connectivity index (χ3n) is 4.29. The Morgan fingerprint density at radius 3 is 2.54 bits per heavy atom. The molecule has 1 aliphatic heterocycles. The molecule has 1 heterocycles. The SMILES string of the molecule is CC(=O)N1CCCN(CC(=O)NCCc2ccc(OC(F)F)cc2)CC1. The topological polar surface area (TPSA) is 61.9 Å². The average molecular weight is 369 g/mol. The van der Waals surface area contributed by atoms with Crippen LogP contribution in [0.3, 0.4) is 0 Å². The Labute approximate surface area is 152 Å². The number of benzene rings is 1. The van der Waals surface area contributed by atoms with Gasteiger partial charge in [0.2, 0.25) is 11.8 Å². The fraction of sp³-hybridized carbons (Fsp3) is 0.556. The standard InChI is InChI=1S/C18H25F2N3O3/c1-14(24)23-10-2-9-22(11-12-23)13-17(25)21-8-7-15-3-5-16(6-4-15)26-18(19)20/h3-6,18H,2,7-13H2,1H3,(H,21,25). The Morgan fingerprint density at radius 2 is 1.88 bits per heavy atom. The number of amides is 2. The molecule has 2 amide bonds. The molecule has 0 aromatic heterocycles. The van der Waals surface area contributed by atoms with E-state index < -0.39 is 6.61 Å². The van der Waals surface area contributed by atoms with Crippen molar-refractivity contribution in [3.05, 3.63) is 29.8 Å². The fourth-order valence-electron chi connectivity index (χ4n) is 2.89. The molecule has 1 aromatic carbocycles. The van der Waals surface area contributed by atoms with Crippen LogP contribution in [0.1, 0.15) is 18.9 Å². The van der Waals surface area contributed by atoms with Gasteiger partial charge >= 0.3 is 6.61 Å². The van der Waals surface area contributed by atoms with E-state index in [-0.39, 0.29) is 17.6 Å². The molecular formula is C18H25F2N3O3. The van der Waals surface area contributed by atoms with Crippen LogP contribution in [-0.2, 0) is 16.0 Å². The fourth-order valence-corrected chi connectivity index (χ4v) is 2.89. The van der Waals surface area contributed by atoms with E-state index in [9.17, 15) is 18.4 Å². The lowest BCUT2D eigenvalue weighted by Crippen LogP contribution is -2.40. The van der Waals surface area contributed by atoms with Crippen LogP contribution in [0.25, 0.3) is 0 Å². The van der Waals surface area contributed by atoms with E-state index in [1.807, 2.05) is 0 Å². The van der Waals surface area contributed by atoms with Crippen LogP contribution in [0.15, 0.2) is 24.3 Å². The Hall–Kier alpha value is -2.22. The Bertz CT molecular complexity index is 596. The summed E-state index contributed by atoms with van der Waals surface area (Å²) in [6.45, 7) is 2.39. The molecule has 6 nitrogen and oxygen atoms in total. The molecule has 0 radical (unpaired) electrons. The van der Waals surface area contributed by atoms with E-state index in [1.54, 1.807) is 24.0 Å². The van der Waals surface area contributed by atoms with Gasteiger partial charge in [0.15, 0.2) is 0 Å². The number of carbonyl (C=O) groups excluding carboxylic acids is 2. The van der Waals surface area contributed by atoms with E-state index in [4.69, 9.17) is 0 Å². The first-order valence-corrected chi connectivity index (χ1v) is 8.72. The third kappa shape index (κ3) is 6.95. The van der Waals surface area contributed by atoms with Crippen molar-refractivity contribution < 1.29 is 23.1 Å². The molecule has 0 bridgehead atoms. The number of hydrogen-bond donors (Lipinski definition) is 1. The number of hydrogen-bond acceptors (Lipinski definition) is 4. The number of alkyl halides is 2. The van der Waals surface area contributed by atoms with Crippen molar-refractivity contribution in [3.63, 3.8) is 0 Å². The van der Waals surface area contributed by atoms with Gasteiger partial charge in [-0.2, -0.15) is 8.78 Å². The summed E-state index contributed by atoms with van der Waals surface area (Å²) >= 11 is 0. The summed E-state index contributed by atoms with van der Waals surface area (Å²) in [6, 6.07) is 6.38. The lowest BCUT2D eigenvalue weighted by molar-refractivity contribution is -0.128. The second kappa shape index (κ2) is 10.1. The van der Waals surface area contributed by atoms with Gasteiger partial charge in [0.05, 0.1) is 6.54 Å². The van der Waals surface area contributed by atoms with Crippen LogP contribution >= 0.6 is 0 Å². The molecule has 0 spiro atoms. The number of nitrogens with zero attached hydrogens (tertiary/aromatic N) is 2. The van der Waals surface area contributed by atoms with E-state index >= 15 is 0 Å². The predicted molar refractivity (Wildman–Crippen MR) is 93.1 cm³/mol. The average Bonchev–Trinajstić information content (AvgIpc) is 2.81. The van der Waals surface area contributed by atoms with Crippen LogP contribution in [0.4, 0.5) is 8.78 Å². The van der Waals surface area contributed by atoms with Gasteiger partial charge in [0.25, 0.3) is 0 Å². The van der Waals surface area contributed by atoms with Crippen molar-refractivity contribution in [3.8, 4) is 5.75 Å². The van der Waals surface area contributed by atoms with Crippen molar-refractivity contribution in [2.45, 2.75) is 26.4 Å². The summed E-state index contributed by atoms with van der Waals surface area (Å²) in [5.74, 6) is 0.133. The molecule has 1 N–H and O–H groups in total. The van der Waals surface area contributed by atoms with E-state index in [0.29, 0.717) is 32.6 Å². The molecular weight excluding hydrogens is 344 g/mol. The minimum Gasteiger partial charge on any atom is -0.435 e. The van der Waals surface area contributed by atoms with Crippen molar-refractivity contribution in [2.24, 2.45) is 0 Å². The molecule has 2 rings (SSSR count). The van der Waals surface area contributed by atoms with Crippen LogP contribution < -0.4 is 10.1 Å². The molecule has 26 heavy (non-hydrogen) atoms. The summed E-state index contributed by atoms with van der Waals surface area (Å²) in [7, 11) is 0. The maximum absolute atomic E-state index is 12.1. The molecule has 1 aliphatic rings. The normalized spacial score (nSPS) is 15.6. The highest BCUT2D eigenvalue weighted by molar-refractivity contribution is 5.78. The highest BCUT2D eigenvalue weighted by Crippen LogP contribution is 2.15. The van der Waals surface area contributed by atoms with Gasteiger partial charge in [0, 0.05) is 39.6 Å². The van der Waals surface area contributed by atoms with Gasteiger partial charge in [-0.3, -0.25) is 14.5 Å². The number of rotatable bonds is 7. The van der Waals surface area contributed by atoms with Crippen LogP contribution in [-0.4, -0.2) is 67.5 Å². The van der Waals surface area contributed by atoms with Gasteiger partial charge in [-0.15, -0.1) is 0 Å². The number of nitrogens with one attached hydrogen (secondary N) is 1. The molecule has 1 fully saturated rings. The predicted octanol–water partition coefficient (Wildman–Crippen LogP) is 1.50. The van der Waals surface area contributed by atoms with Crippen molar-refractivity contribution in [1.82, 2.24) is 15.1 Å². The van der Waals surface area contributed by atoms with E-state index in [1.165, 1.54) is 12.1 Å². The number of halogens is 2. The monoisotopic (exact) mass is 369 g/mol. The number of ether oxygens (including phenoxy) is 1. The molecule has 0 aliphatic carbocycles. The zero-order valence-electron chi connectivity index (χ0n) is 14.9. The molecule has 0 unspecified atom stereocenters. The molecule has 8 heteroatoms. The first-order valence-electron chi connectivity index (χ1n) is 8.72. The van der Waals surface area contributed by atoms with Gasteiger partial charge < -0.3 is 15.0 Å². The maximum Gasteiger partial charge on any atom is 0.387 e. The minimum absolute atomic E-state index is 0.0565. The van der Waals surface area contributed by atoms with Crippen LogP contribution in [0.2, 0.25) is 0 Å². The first kappa shape index (κ1) is 20.1. The summed E-state index contributed by atoms with van der Waals surface area (Å²) < 4.78 is 28.5. The Balaban J connectivity index is 1.68. The molecule has 0 atom stereocenters. The minimum atomic E-state index is -2.83. The molecule has 1 saturated heterocycles. The summed E-state index contributed by atoms with van der Waals surface area (Å²) in [5.41, 5.74) is 0.929. The quantitative estimate of drug-likeness (QED) is 0.791. The van der Waals surface area contributed by atoms with Crippen LogP contribution in [0, 0.1) is 0 Å². The van der Waals surface area contributed by atoms with Gasteiger partial charge in [-0.1, -0.05) is 12.1 Å². The summed E-state index contributed by atoms with van der Waals surface area (Å²) in [5, 5.41) is 2.87. The van der Waals surface area contributed by atoms with E-state index in [2.05, 4.69) is 15.0 Å². The van der Waals surface area contributed by atoms with Crippen LogP contribution in [0.5, 0.6) is 5.75 Å². The summed E-state index contributed by atoms with van der Waals surface area (Å²) in [4.78, 5) is 27.3. The number of carbonyl (C=O) groups is 2. The molecule has 1 aromatic rings. The van der Waals surface area contributed by atoms with Gasteiger partial charge in [-0.25, -0.2) is 0 Å². The van der Waals surface area contributed by atoms with Crippen molar-refractivity contribution in [2.75, 3.05) is 39.3 Å². The smallest absolute Gasteiger partial charge is 0.387 e. The Morgan fingerprint density at radius 1 is 1.15 bits per heavy atom. The molecule has 0 saturated carbocycles. The van der Waals surface area contributed by atoms with E-state index in [0.717, 1.165) is 25.1 Å². The maximum atomic E-state index is 12.1. The first-order chi connectivity index (χ1) is 12.4. The van der Waals surface area contributed by atoms with Gasteiger partial charge in [0.1, 0.15) is 5.75 Å². The summed E-state index contributed by atoms with van der Waals surface area (Å²) in [6.07, 6.45) is 1.47. The Kier molecular flexibility index (Phi) is 7.77. The van der Waals surface area contributed by atoms with Crippen molar-refractivity contribution in [1.29, 1.82) is 0 Å². The lowest BCUT2D eigenvalue weighted by atomic mass is 10.1. The lowest BCUT2D eigenvalue weighted by Gasteiger charge is -2.20. The largest absolute Gasteiger partial charge is 0.435 e. The highest BCUT2D eigenvalue weighted by Gasteiger charge is 2.18. The van der Waals surface area contributed by atoms with Crippen molar-refractivity contribution >= 4 is 11.8 Å².